The highest BCUT2D eigenvalue weighted by Gasteiger charge is 2.38. The van der Waals surface area contributed by atoms with Crippen LogP contribution in [-0.2, 0) is 0 Å². The maximum atomic E-state index is 13.7. The van der Waals surface area contributed by atoms with Gasteiger partial charge in [0.1, 0.15) is 6.04 Å². The molecule has 0 aliphatic carbocycles. The van der Waals surface area contributed by atoms with Gasteiger partial charge in [-0.15, -0.1) is 11.3 Å². The van der Waals surface area contributed by atoms with Crippen molar-refractivity contribution in [2.45, 2.75) is 24.8 Å². The average molecular weight is 318 g/mol. The van der Waals surface area contributed by atoms with E-state index in [1.165, 1.54) is 11.3 Å². The van der Waals surface area contributed by atoms with E-state index in [1.807, 2.05) is 30.3 Å². The zero-order valence-electron chi connectivity index (χ0n) is 12.0. The Bertz CT molecular complexity index is 659. The van der Waals surface area contributed by atoms with Crippen LogP contribution in [0.3, 0.4) is 0 Å². The first-order valence-electron chi connectivity index (χ1n) is 7.21. The summed E-state index contributed by atoms with van der Waals surface area (Å²) in [4.78, 5) is 6.75. The summed E-state index contributed by atoms with van der Waals surface area (Å²) in [7, 11) is 0. The summed E-state index contributed by atoms with van der Waals surface area (Å²) in [6.45, 7) is 0.403. The molecule has 1 aromatic carbocycles. The van der Waals surface area contributed by atoms with Gasteiger partial charge in [0.05, 0.1) is 16.9 Å². The highest BCUT2D eigenvalue weighted by Crippen LogP contribution is 2.33. The van der Waals surface area contributed by atoms with Crippen LogP contribution in [-0.4, -0.2) is 28.9 Å². The second kappa shape index (κ2) is 6.55. The Kier molecular flexibility index (Phi) is 4.51. The van der Waals surface area contributed by atoms with Crippen LogP contribution in [0.4, 0.5) is 8.78 Å². The third-order valence-corrected chi connectivity index (χ3v) is 4.46. The minimum Gasteiger partial charge on any atom is -0.279 e. The highest BCUT2D eigenvalue weighted by molar-refractivity contribution is 7.09. The first kappa shape index (κ1) is 15.1. The molecule has 2 heterocycles. The van der Waals surface area contributed by atoms with Crippen molar-refractivity contribution >= 4 is 11.3 Å². The lowest BCUT2D eigenvalue weighted by Crippen LogP contribution is -2.43. The number of halogens is 2. The number of likely N-dealkylation sites (tertiary alicyclic amines) is 1. The van der Waals surface area contributed by atoms with Crippen molar-refractivity contribution in [2.24, 2.45) is 0 Å². The molecule has 22 heavy (non-hydrogen) atoms. The molecule has 2 aromatic rings. The van der Waals surface area contributed by atoms with Crippen LogP contribution in [0.1, 0.15) is 29.3 Å². The Hall–Kier alpha value is -1.77. The molecule has 1 fully saturated rings. The molecule has 1 aromatic heterocycles. The summed E-state index contributed by atoms with van der Waals surface area (Å²) < 4.78 is 27.4. The molecule has 0 spiro atoms. The SMILES string of the molecule is FC1(F)CCCN(C(C#Cc2ccccc2)c2cncs2)C1. The molecule has 5 heteroatoms. The third-order valence-electron chi connectivity index (χ3n) is 3.64. The van der Waals surface area contributed by atoms with Gasteiger partial charge in [0.25, 0.3) is 5.92 Å². The van der Waals surface area contributed by atoms with Crippen LogP contribution in [0.2, 0.25) is 0 Å². The predicted molar refractivity (Wildman–Crippen MR) is 83.9 cm³/mol. The van der Waals surface area contributed by atoms with E-state index in [-0.39, 0.29) is 19.0 Å². The van der Waals surface area contributed by atoms with Gasteiger partial charge in [0, 0.05) is 24.7 Å². The van der Waals surface area contributed by atoms with Crippen LogP contribution in [0.15, 0.2) is 42.0 Å². The Labute approximate surface area is 132 Å². The summed E-state index contributed by atoms with van der Waals surface area (Å²) in [5, 5.41) is 0. The number of alkyl halides is 2. The molecule has 1 aliphatic rings. The van der Waals surface area contributed by atoms with Gasteiger partial charge in [-0.3, -0.25) is 9.88 Å². The Balaban J connectivity index is 1.87. The van der Waals surface area contributed by atoms with E-state index in [4.69, 9.17) is 0 Å². The van der Waals surface area contributed by atoms with Crippen LogP contribution >= 0.6 is 11.3 Å². The van der Waals surface area contributed by atoms with Gasteiger partial charge in [-0.05, 0) is 18.6 Å². The number of hydrogen-bond acceptors (Lipinski definition) is 3. The summed E-state index contributed by atoms with van der Waals surface area (Å²) in [6.07, 6.45) is 2.18. The van der Waals surface area contributed by atoms with Crippen molar-refractivity contribution in [2.75, 3.05) is 13.1 Å². The Morgan fingerprint density at radius 2 is 2.09 bits per heavy atom. The van der Waals surface area contributed by atoms with E-state index in [9.17, 15) is 8.78 Å². The molecule has 0 saturated carbocycles. The van der Waals surface area contributed by atoms with Crippen molar-refractivity contribution in [1.82, 2.24) is 9.88 Å². The lowest BCUT2D eigenvalue weighted by atomic mass is 10.0. The molecular weight excluding hydrogens is 302 g/mol. The maximum absolute atomic E-state index is 13.7. The van der Waals surface area contributed by atoms with Crippen molar-refractivity contribution in [3.05, 3.63) is 52.5 Å². The fourth-order valence-electron chi connectivity index (χ4n) is 2.59. The smallest absolute Gasteiger partial charge is 0.260 e. The summed E-state index contributed by atoms with van der Waals surface area (Å²) >= 11 is 1.46. The van der Waals surface area contributed by atoms with Crippen LogP contribution in [0.5, 0.6) is 0 Å². The van der Waals surface area contributed by atoms with E-state index in [0.717, 1.165) is 10.4 Å². The van der Waals surface area contributed by atoms with Gasteiger partial charge >= 0.3 is 0 Å². The molecule has 0 radical (unpaired) electrons. The molecule has 3 rings (SSSR count). The standard InChI is InChI=1S/C17H16F2N2S/c18-17(19)9-4-10-21(12-17)15(16-11-20-13-22-16)8-7-14-5-2-1-3-6-14/h1-3,5-6,11,13,15H,4,9-10,12H2. The summed E-state index contributed by atoms with van der Waals surface area (Å²) in [5.74, 6) is 3.63. The van der Waals surface area contributed by atoms with Crippen molar-refractivity contribution in [1.29, 1.82) is 0 Å². The van der Waals surface area contributed by atoms with Crippen molar-refractivity contribution < 1.29 is 8.78 Å². The first-order valence-corrected chi connectivity index (χ1v) is 8.09. The van der Waals surface area contributed by atoms with E-state index in [0.29, 0.717) is 13.0 Å². The van der Waals surface area contributed by atoms with Crippen LogP contribution in [0, 0.1) is 11.8 Å². The van der Waals surface area contributed by atoms with E-state index >= 15 is 0 Å². The molecule has 0 bridgehead atoms. The van der Waals surface area contributed by atoms with Crippen LogP contribution < -0.4 is 0 Å². The third kappa shape index (κ3) is 3.70. The van der Waals surface area contributed by atoms with Crippen molar-refractivity contribution in [3.63, 3.8) is 0 Å². The van der Waals surface area contributed by atoms with Gasteiger partial charge in [0.15, 0.2) is 0 Å². The number of thiazole rings is 1. The molecule has 1 saturated heterocycles. The minimum absolute atomic E-state index is 0.0367. The topological polar surface area (TPSA) is 16.1 Å². The fourth-order valence-corrected chi connectivity index (χ4v) is 3.29. The first-order chi connectivity index (χ1) is 10.6. The Morgan fingerprint density at radius 1 is 1.27 bits per heavy atom. The molecule has 1 atom stereocenters. The normalized spacial score (nSPS) is 19.2. The van der Waals surface area contributed by atoms with Gasteiger partial charge in [-0.1, -0.05) is 30.0 Å². The summed E-state index contributed by atoms with van der Waals surface area (Å²) in [6, 6.07) is 9.28. The fraction of sp³-hybridized carbons (Fsp3) is 0.353. The zero-order valence-corrected chi connectivity index (χ0v) is 12.8. The zero-order chi connectivity index (χ0) is 15.4. The Morgan fingerprint density at radius 3 is 2.77 bits per heavy atom. The van der Waals surface area contributed by atoms with E-state index < -0.39 is 5.92 Å². The van der Waals surface area contributed by atoms with Crippen LogP contribution in [0.25, 0.3) is 0 Å². The lowest BCUT2D eigenvalue weighted by Gasteiger charge is -2.35. The number of aromatic nitrogens is 1. The van der Waals surface area contributed by atoms with Gasteiger partial charge in [-0.25, -0.2) is 8.78 Å². The molecule has 114 valence electrons. The second-order valence-corrected chi connectivity index (χ2v) is 6.29. The molecule has 1 aliphatic heterocycles. The lowest BCUT2D eigenvalue weighted by molar-refractivity contribution is -0.0697. The number of hydrogen-bond donors (Lipinski definition) is 0. The maximum Gasteiger partial charge on any atom is 0.260 e. The quantitative estimate of drug-likeness (QED) is 0.779. The average Bonchev–Trinajstić information content (AvgIpc) is 3.02. The van der Waals surface area contributed by atoms with Gasteiger partial charge in [-0.2, -0.15) is 0 Å². The molecule has 1 unspecified atom stereocenters. The van der Waals surface area contributed by atoms with Gasteiger partial charge in [0.2, 0.25) is 0 Å². The van der Waals surface area contributed by atoms with E-state index in [1.54, 1.807) is 16.6 Å². The summed E-state index contributed by atoms with van der Waals surface area (Å²) in [5.41, 5.74) is 2.61. The molecule has 2 nitrogen and oxygen atoms in total. The number of benzene rings is 1. The van der Waals surface area contributed by atoms with Gasteiger partial charge < -0.3 is 0 Å². The van der Waals surface area contributed by atoms with Crippen molar-refractivity contribution in [3.8, 4) is 11.8 Å². The molecular formula is C17H16F2N2S. The largest absolute Gasteiger partial charge is 0.279 e. The number of rotatable bonds is 2. The molecule has 0 amide bonds. The predicted octanol–water partition coefficient (Wildman–Crippen LogP) is 3.97. The van der Waals surface area contributed by atoms with E-state index in [2.05, 4.69) is 16.8 Å². The highest BCUT2D eigenvalue weighted by atomic mass is 32.1. The minimum atomic E-state index is -2.63. The monoisotopic (exact) mass is 318 g/mol. The molecule has 0 N–H and O–H groups in total. The number of piperidine rings is 1. The second-order valence-electron chi connectivity index (χ2n) is 5.37. The number of nitrogens with zero attached hydrogens (tertiary/aromatic N) is 2.